The fraction of sp³-hybridized carbons (Fsp3) is 0.944. The van der Waals surface area contributed by atoms with Gasteiger partial charge in [-0.3, -0.25) is 4.79 Å². The number of likely N-dealkylation sites (tertiary alicyclic amines) is 1. The lowest BCUT2D eigenvalue weighted by atomic mass is 9.84. The Morgan fingerprint density at radius 2 is 1.95 bits per heavy atom. The van der Waals surface area contributed by atoms with Crippen LogP contribution < -0.4 is 5.32 Å². The first-order valence-corrected chi connectivity index (χ1v) is 9.24. The van der Waals surface area contributed by atoms with Crippen molar-refractivity contribution in [1.82, 2.24) is 10.2 Å². The number of hydrogen-bond donors (Lipinski definition) is 1. The monoisotopic (exact) mass is 294 g/mol. The van der Waals surface area contributed by atoms with Gasteiger partial charge in [-0.1, -0.05) is 33.1 Å². The lowest BCUT2D eigenvalue weighted by Crippen LogP contribution is -2.52. The molecule has 1 saturated carbocycles. The van der Waals surface area contributed by atoms with Crippen molar-refractivity contribution in [3.05, 3.63) is 0 Å². The highest BCUT2D eigenvalue weighted by atomic mass is 16.2. The van der Waals surface area contributed by atoms with Gasteiger partial charge in [0, 0.05) is 25.6 Å². The fourth-order valence-corrected chi connectivity index (χ4v) is 3.66. The van der Waals surface area contributed by atoms with Gasteiger partial charge in [-0.05, 0) is 50.5 Å². The van der Waals surface area contributed by atoms with E-state index in [4.69, 9.17) is 0 Å². The van der Waals surface area contributed by atoms with Crippen LogP contribution in [0.25, 0.3) is 0 Å². The molecule has 3 nitrogen and oxygen atoms in total. The van der Waals surface area contributed by atoms with E-state index in [-0.39, 0.29) is 0 Å². The SMILES string of the molecule is CCCCC1CC(NCC2CCC2)CN(C(=O)CCC)C1. The first-order valence-electron chi connectivity index (χ1n) is 9.24. The Labute approximate surface area is 130 Å². The zero-order valence-corrected chi connectivity index (χ0v) is 14.1. The van der Waals surface area contributed by atoms with E-state index in [9.17, 15) is 4.79 Å². The summed E-state index contributed by atoms with van der Waals surface area (Å²) in [5, 5.41) is 3.76. The second kappa shape index (κ2) is 8.77. The van der Waals surface area contributed by atoms with Crippen LogP contribution in [0.5, 0.6) is 0 Å². The summed E-state index contributed by atoms with van der Waals surface area (Å²) in [7, 11) is 0. The van der Waals surface area contributed by atoms with Crippen molar-refractivity contribution in [2.24, 2.45) is 11.8 Å². The molecule has 21 heavy (non-hydrogen) atoms. The number of nitrogens with zero attached hydrogens (tertiary/aromatic N) is 1. The number of unbranched alkanes of at least 4 members (excludes halogenated alkanes) is 1. The highest BCUT2D eigenvalue weighted by molar-refractivity contribution is 5.76. The molecule has 1 saturated heterocycles. The molecule has 1 aliphatic carbocycles. The third-order valence-corrected chi connectivity index (χ3v) is 5.24. The summed E-state index contributed by atoms with van der Waals surface area (Å²) in [6, 6.07) is 0.530. The van der Waals surface area contributed by atoms with Gasteiger partial charge in [-0.2, -0.15) is 0 Å². The van der Waals surface area contributed by atoms with Crippen LogP contribution in [-0.4, -0.2) is 36.5 Å². The smallest absolute Gasteiger partial charge is 0.222 e. The maximum Gasteiger partial charge on any atom is 0.222 e. The van der Waals surface area contributed by atoms with Crippen molar-refractivity contribution in [2.45, 2.75) is 77.7 Å². The zero-order chi connectivity index (χ0) is 15.1. The summed E-state index contributed by atoms with van der Waals surface area (Å²) in [5.74, 6) is 1.98. The van der Waals surface area contributed by atoms with Crippen molar-refractivity contribution < 1.29 is 4.79 Å². The van der Waals surface area contributed by atoms with Gasteiger partial charge >= 0.3 is 0 Å². The molecular weight excluding hydrogens is 260 g/mol. The lowest BCUT2D eigenvalue weighted by Gasteiger charge is -2.39. The molecule has 1 N–H and O–H groups in total. The largest absolute Gasteiger partial charge is 0.341 e. The van der Waals surface area contributed by atoms with Gasteiger partial charge < -0.3 is 10.2 Å². The summed E-state index contributed by atoms with van der Waals surface area (Å²) < 4.78 is 0. The first kappa shape index (κ1) is 16.8. The molecule has 0 spiro atoms. The number of hydrogen-bond acceptors (Lipinski definition) is 2. The third-order valence-electron chi connectivity index (χ3n) is 5.24. The molecule has 0 aromatic rings. The Bertz CT molecular complexity index is 314. The summed E-state index contributed by atoms with van der Waals surface area (Å²) in [6.07, 6.45) is 11.0. The number of carbonyl (C=O) groups excluding carboxylic acids is 1. The molecule has 2 rings (SSSR count). The van der Waals surface area contributed by atoms with Crippen molar-refractivity contribution in [2.75, 3.05) is 19.6 Å². The molecule has 2 unspecified atom stereocenters. The molecule has 3 heteroatoms. The Balaban J connectivity index is 1.83. The van der Waals surface area contributed by atoms with E-state index >= 15 is 0 Å². The number of piperidine rings is 1. The molecule has 2 atom stereocenters. The summed E-state index contributed by atoms with van der Waals surface area (Å²) in [6.45, 7) is 7.47. The predicted molar refractivity (Wildman–Crippen MR) is 88.3 cm³/mol. The van der Waals surface area contributed by atoms with E-state index in [1.807, 2.05) is 0 Å². The number of carbonyl (C=O) groups is 1. The van der Waals surface area contributed by atoms with Gasteiger partial charge in [-0.15, -0.1) is 0 Å². The quantitative estimate of drug-likeness (QED) is 0.742. The van der Waals surface area contributed by atoms with Gasteiger partial charge in [0.1, 0.15) is 0 Å². The Kier molecular flexibility index (Phi) is 7.01. The standard InChI is InChI=1S/C18H34N2O/c1-3-5-8-16-11-17(19-12-15-9-6-10-15)14-20(13-16)18(21)7-4-2/h15-17,19H,3-14H2,1-2H3. The van der Waals surface area contributed by atoms with E-state index in [2.05, 4.69) is 24.1 Å². The lowest BCUT2D eigenvalue weighted by molar-refractivity contribution is -0.133. The normalized spacial score (nSPS) is 26.7. The molecule has 0 aromatic heterocycles. The number of nitrogens with one attached hydrogen (secondary N) is 1. The average Bonchev–Trinajstić information content (AvgIpc) is 2.43. The van der Waals surface area contributed by atoms with E-state index in [1.54, 1.807) is 0 Å². The van der Waals surface area contributed by atoms with Crippen LogP contribution in [-0.2, 0) is 4.79 Å². The second-order valence-electron chi connectivity index (χ2n) is 7.19. The highest BCUT2D eigenvalue weighted by Gasteiger charge is 2.29. The Hall–Kier alpha value is -0.570. The summed E-state index contributed by atoms with van der Waals surface area (Å²) in [5.41, 5.74) is 0. The van der Waals surface area contributed by atoms with E-state index < -0.39 is 0 Å². The molecule has 1 heterocycles. The van der Waals surface area contributed by atoms with Crippen LogP contribution in [0.3, 0.4) is 0 Å². The minimum atomic E-state index is 0.370. The van der Waals surface area contributed by atoms with Crippen LogP contribution in [0.1, 0.15) is 71.6 Å². The molecule has 2 fully saturated rings. The third kappa shape index (κ3) is 5.28. The van der Waals surface area contributed by atoms with Crippen molar-refractivity contribution in [3.63, 3.8) is 0 Å². The minimum Gasteiger partial charge on any atom is -0.341 e. The Morgan fingerprint density at radius 3 is 2.57 bits per heavy atom. The van der Waals surface area contributed by atoms with Gasteiger partial charge in [0.15, 0.2) is 0 Å². The second-order valence-corrected chi connectivity index (χ2v) is 7.19. The number of amides is 1. The zero-order valence-electron chi connectivity index (χ0n) is 14.1. The predicted octanol–water partition coefficient (Wildman–Crippen LogP) is 3.58. The van der Waals surface area contributed by atoms with Crippen LogP contribution in [0, 0.1) is 11.8 Å². The van der Waals surface area contributed by atoms with Crippen molar-refractivity contribution in [1.29, 1.82) is 0 Å². The highest BCUT2D eigenvalue weighted by Crippen LogP contribution is 2.27. The maximum absolute atomic E-state index is 12.3. The van der Waals surface area contributed by atoms with E-state index in [1.165, 1.54) is 51.5 Å². The minimum absolute atomic E-state index is 0.370. The molecule has 0 radical (unpaired) electrons. The molecule has 0 bridgehead atoms. The van der Waals surface area contributed by atoms with E-state index in [0.29, 0.717) is 17.9 Å². The topological polar surface area (TPSA) is 32.3 Å². The molecule has 2 aliphatic rings. The van der Waals surface area contributed by atoms with Crippen molar-refractivity contribution in [3.8, 4) is 0 Å². The van der Waals surface area contributed by atoms with Gasteiger partial charge in [0.2, 0.25) is 5.91 Å². The first-order chi connectivity index (χ1) is 10.2. The molecular formula is C18H34N2O. The maximum atomic E-state index is 12.3. The molecule has 1 aliphatic heterocycles. The summed E-state index contributed by atoms with van der Waals surface area (Å²) >= 11 is 0. The van der Waals surface area contributed by atoms with E-state index in [0.717, 1.165) is 31.8 Å². The van der Waals surface area contributed by atoms with Crippen LogP contribution in [0.2, 0.25) is 0 Å². The van der Waals surface area contributed by atoms with Crippen LogP contribution in [0.4, 0.5) is 0 Å². The van der Waals surface area contributed by atoms with Crippen LogP contribution in [0.15, 0.2) is 0 Å². The average molecular weight is 294 g/mol. The van der Waals surface area contributed by atoms with Gasteiger partial charge in [0.25, 0.3) is 0 Å². The fourth-order valence-electron chi connectivity index (χ4n) is 3.66. The van der Waals surface area contributed by atoms with Gasteiger partial charge in [-0.25, -0.2) is 0 Å². The van der Waals surface area contributed by atoms with Gasteiger partial charge in [0.05, 0.1) is 0 Å². The number of rotatable bonds is 8. The molecule has 1 amide bonds. The molecule has 122 valence electrons. The molecule has 0 aromatic carbocycles. The van der Waals surface area contributed by atoms with Crippen molar-refractivity contribution >= 4 is 5.91 Å². The Morgan fingerprint density at radius 1 is 1.14 bits per heavy atom. The van der Waals surface area contributed by atoms with Crippen LogP contribution >= 0.6 is 0 Å². The summed E-state index contributed by atoms with van der Waals surface area (Å²) in [4.78, 5) is 14.4.